The van der Waals surface area contributed by atoms with Gasteiger partial charge in [-0.25, -0.2) is 0 Å². The summed E-state index contributed by atoms with van der Waals surface area (Å²) in [4.78, 5) is 66.7. The van der Waals surface area contributed by atoms with Crippen LogP contribution in [0.25, 0.3) is 5.57 Å². The highest BCUT2D eigenvalue weighted by molar-refractivity contribution is 8.26. The van der Waals surface area contributed by atoms with Gasteiger partial charge in [-0.3, -0.25) is 33.9 Å². The first-order chi connectivity index (χ1) is 17.9. The molecule has 5 atom stereocenters. The van der Waals surface area contributed by atoms with Crippen molar-refractivity contribution in [3.05, 3.63) is 35.0 Å². The summed E-state index contributed by atoms with van der Waals surface area (Å²) in [6.45, 7) is 5.84. The van der Waals surface area contributed by atoms with Gasteiger partial charge in [0, 0.05) is 40.1 Å². The van der Waals surface area contributed by atoms with Gasteiger partial charge in [-0.05, 0) is 30.2 Å². The number of hydrogen-bond donors (Lipinski definition) is 0. The van der Waals surface area contributed by atoms with Crippen molar-refractivity contribution >= 4 is 63.7 Å². The molecule has 3 heterocycles. The fraction of sp³-hybridized carbons (Fsp3) is 0.458. The first kappa shape index (κ1) is 29.2. The SMILES string of the molecule is CC(=O)OC[C@@H]1O[C@H](N2C(=O)/C(=C(/C)c3ccncc3)SC2=S)[C@H](OC(C)=O)[C@H](OC(C)=O)[C@@H]1OC(C)=O. The molecule has 0 aromatic carbocycles. The lowest BCUT2D eigenvalue weighted by Gasteiger charge is -2.46. The molecule has 2 aliphatic heterocycles. The number of thiocarbonyl (C=S) groups is 1. The van der Waals surface area contributed by atoms with Crippen LogP contribution in [-0.4, -0.2) is 81.2 Å². The Morgan fingerprint density at radius 3 is 2.03 bits per heavy atom. The molecule has 1 aromatic heterocycles. The Balaban J connectivity index is 2.09. The van der Waals surface area contributed by atoms with E-state index in [2.05, 4.69) is 4.98 Å². The summed E-state index contributed by atoms with van der Waals surface area (Å²) >= 11 is 6.52. The van der Waals surface area contributed by atoms with Crippen molar-refractivity contribution in [1.29, 1.82) is 0 Å². The Kier molecular flexibility index (Phi) is 9.57. The van der Waals surface area contributed by atoms with Crippen LogP contribution in [0.5, 0.6) is 0 Å². The number of carbonyl (C=O) groups is 5. The number of rotatable bonds is 7. The zero-order valence-corrected chi connectivity index (χ0v) is 22.8. The maximum atomic E-state index is 13.7. The van der Waals surface area contributed by atoms with Crippen molar-refractivity contribution in [2.24, 2.45) is 0 Å². The fourth-order valence-corrected chi connectivity index (χ4v) is 5.33. The quantitative estimate of drug-likeness (QED) is 0.204. The molecular formula is C24H26N2O10S2. The molecule has 2 fully saturated rings. The molecule has 204 valence electrons. The van der Waals surface area contributed by atoms with Gasteiger partial charge in [0.25, 0.3) is 5.91 Å². The molecule has 0 bridgehead atoms. The van der Waals surface area contributed by atoms with E-state index < -0.39 is 67.0 Å². The van der Waals surface area contributed by atoms with Crippen molar-refractivity contribution in [3.8, 4) is 0 Å². The van der Waals surface area contributed by atoms with Crippen LogP contribution in [-0.2, 0) is 47.7 Å². The van der Waals surface area contributed by atoms with Gasteiger partial charge >= 0.3 is 23.9 Å². The van der Waals surface area contributed by atoms with Crippen LogP contribution >= 0.6 is 24.0 Å². The van der Waals surface area contributed by atoms with Crippen LogP contribution in [0.3, 0.4) is 0 Å². The minimum Gasteiger partial charge on any atom is -0.463 e. The summed E-state index contributed by atoms with van der Waals surface area (Å²) in [5.74, 6) is -3.52. The highest BCUT2D eigenvalue weighted by Crippen LogP contribution is 2.41. The lowest BCUT2D eigenvalue weighted by Crippen LogP contribution is -2.66. The summed E-state index contributed by atoms with van der Waals surface area (Å²) in [6.07, 6.45) is -3.67. The van der Waals surface area contributed by atoms with Crippen molar-refractivity contribution in [3.63, 3.8) is 0 Å². The van der Waals surface area contributed by atoms with E-state index in [1.54, 1.807) is 31.5 Å². The number of amides is 1. The topological polar surface area (TPSA) is 148 Å². The van der Waals surface area contributed by atoms with Crippen LogP contribution in [0.4, 0.5) is 0 Å². The zero-order chi connectivity index (χ0) is 28.1. The van der Waals surface area contributed by atoms with Crippen molar-refractivity contribution < 1.29 is 47.7 Å². The van der Waals surface area contributed by atoms with Crippen LogP contribution in [0, 0.1) is 0 Å². The first-order valence-corrected chi connectivity index (χ1v) is 12.6. The van der Waals surface area contributed by atoms with Gasteiger partial charge in [0.2, 0.25) is 0 Å². The van der Waals surface area contributed by atoms with Crippen LogP contribution in [0.15, 0.2) is 29.4 Å². The zero-order valence-electron chi connectivity index (χ0n) is 21.2. The highest BCUT2D eigenvalue weighted by Gasteiger charge is 2.56. The first-order valence-electron chi connectivity index (χ1n) is 11.4. The summed E-state index contributed by atoms with van der Waals surface area (Å²) in [5, 5.41) is 0. The minimum absolute atomic E-state index is 0.0827. The van der Waals surface area contributed by atoms with Gasteiger partial charge in [0.15, 0.2) is 28.9 Å². The van der Waals surface area contributed by atoms with Crippen LogP contribution in [0.2, 0.25) is 0 Å². The van der Waals surface area contributed by atoms with E-state index in [4.69, 9.17) is 35.9 Å². The molecule has 14 heteroatoms. The monoisotopic (exact) mass is 566 g/mol. The normalized spacial score (nSPS) is 26.4. The molecule has 38 heavy (non-hydrogen) atoms. The van der Waals surface area contributed by atoms with E-state index in [0.717, 1.165) is 43.0 Å². The number of aromatic nitrogens is 1. The molecular weight excluding hydrogens is 540 g/mol. The molecule has 1 aromatic rings. The minimum atomic E-state index is -1.45. The smallest absolute Gasteiger partial charge is 0.303 e. The van der Waals surface area contributed by atoms with Gasteiger partial charge in [-0.15, -0.1) is 0 Å². The van der Waals surface area contributed by atoms with E-state index >= 15 is 0 Å². The molecule has 3 rings (SSSR count). The highest BCUT2D eigenvalue weighted by atomic mass is 32.2. The van der Waals surface area contributed by atoms with Gasteiger partial charge in [0.05, 0.1) is 4.91 Å². The summed E-state index contributed by atoms with van der Waals surface area (Å²) in [6, 6.07) is 3.46. The third-order valence-electron chi connectivity index (χ3n) is 5.47. The molecule has 0 saturated carbocycles. The maximum absolute atomic E-state index is 13.7. The predicted octanol–water partition coefficient (Wildman–Crippen LogP) is 1.76. The fourth-order valence-electron chi connectivity index (χ4n) is 3.98. The third-order valence-corrected chi connectivity index (χ3v) is 6.98. The van der Waals surface area contributed by atoms with Crippen molar-refractivity contribution in [1.82, 2.24) is 9.88 Å². The standard InChI is InChI=1S/C24H26N2O10S2/c1-11(16-6-8-25-9-7-16)21-22(31)26(24(37)38-21)23-20(35-15(5)30)19(34-14(4)29)18(33-13(3)28)17(36-23)10-32-12(2)27/h6-9,17-20,23H,10H2,1-5H3/b21-11+/t17-,18+,19+,20+,23-/m0/s1. The maximum Gasteiger partial charge on any atom is 0.303 e. The molecule has 0 N–H and O–H groups in total. The number of carbonyl (C=O) groups excluding carboxylic acids is 5. The number of allylic oxidation sites excluding steroid dienone is 1. The molecule has 2 aliphatic rings. The van der Waals surface area contributed by atoms with Crippen molar-refractivity contribution in [2.45, 2.75) is 65.3 Å². The van der Waals surface area contributed by atoms with E-state index in [-0.39, 0.29) is 4.32 Å². The summed E-state index contributed by atoms with van der Waals surface area (Å²) in [7, 11) is 0. The van der Waals surface area contributed by atoms with E-state index in [0.29, 0.717) is 10.5 Å². The molecule has 0 spiro atoms. The average molecular weight is 567 g/mol. The molecule has 2 saturated heterocycles. The van der Waals surface area contributed by atoms with Crippen LogP contribution in [0.1, 0.15) is 40.2 Å². The molecule has 0 radical (unpaired) electrons. The van der Waals surface area contributed by atoms with E-state index in [9.17, 15) is 24.0 Å². The third kappa shape index (κ3) is 6.74. The van der Waals surface area contributed by atoms with Gasteiger partial charge in [-0.1, -0.05) is 24.0 Å². The number of pyridine rings is 1. The number of esters is 4. The molecule has 0 aliphatic carbocycles. The second kappa shape index (κ2) is 12.5. The van der Waals surface area contributed by atoms with Gasteiger partial charge in [0.1, 0.15) is 12.7 Å². The van der Waals surface area contributed by atoms with Crippen molar-refractivity contribution in [2.75, 3.05) is 6.61 Å². The summed E-state index contributed by atoms with van der Waals surface area (Å²) < 4.78 is 27.5. The number of nitrogens with zero attached hydrogens (tertiary/aromatic N) is 2. The van der Waals surface area contributed by atoms with E-state index in [1.165, 1.54) is 6.92 Å². The Hall–Kier alpha value is -3.36. The Labute approximate surface area is 228 Å². The Bertz CT molecular complexity index is 1170. The lowest BCUT2D eigenvalue weighted by molar-refractivity contribution is -0.268. The number of ether oxygens (including phenoxy) is 5. The molecule has 1 amide bonds. The Morgan fingerprint density at radius 1 is 0.921 bits per heavy atom. The molecule has 12 nitrogen and oxygen atoms in total. The summed E-state index contributed by atoms with van der Waals surface area (Å²) in [5.41, 5.74) is 1.36. The van der Waals surface area contributed by atoms with Gasteiger partial charge < -0.3 is 23.7 Å². The number of thioether (sulfide) groups is 1. The largest absolute Gasteiger partial charge is 0.463 e. The average Bonchev–Trinajstić information content (AvgIpc) is 3.13. The Morgan fingerprint density at radius 2 is 1.47 bits per heavy atom. The lowest BCUT2D eigenvalue weighted by atomic mass is 9.96. The second-order valence-corrected chi connectivity index (χ2v) is 9.97. The second-order valence-electron chi connectivity index (χ2n) is 8.32. The van der Waals surface area contributed by atoms with E-state index in [1.807, 2.05) is 0 Å². The number of hydrogen-bond acceptors (Lipinski definition) is 13. The van der Waals surface area contributed by atoms with Crippen LogP contribution < -0.4 is 0 Å². The molecule has 0 unspecified atom stereocenters. The predicted molar refractivity (Wildman–Crippen MR) is 136 cm³/mol. The van der Waals surface area contributed by atoms with Gasteiger partial charge in [-0.2, -0.15) is 0 Å².